The van der Waals surface area contributed by atoms with Crippen molar-refractivity contribution in [2.75, 3.05) is 13.1 Å². The summed E-state index contributed by atoms with van der Waals surface area (Å²) in [6.45, 7) is 5.06. The molecule has 0 atom stereocenters. The molecule has 1 amide bonds. The average Bonchev–Trinajstić information content (AvgIpc) is 2.41. The molecule has 0 aliphatic heterocycles. The normalized spacial score (nSPS) is 10.1. The Morgan fingerprint density at radius 1 is 1.45 bits per heavy atom. The van der Waals surface area contributed by atoms with Gasteiger partial charge in [0.05, 0.1) is 12.1 Å². The van der Waals surface area contributed by atoms with Crippen molar-refractivity contribution in [2.45, 2.75) is 26.7 Å². The quantitative estimate of drug-likeness (QED) is 0.640. The summed E-state index contributed by atoms with van der Waals surface area (Å²) in [5.41, 5.74) is 5.80. The summed E-state index contributed by atoms with van der Waals surface area (Å²) in [5.74, 6) is 5.06. The van der Waals surface area contributed by atoms with E-state index < -0.39 is 5.82 Å². The van der Waals surface area contributed by atoms with Crippen LogP contribution in [0.15, 0.2) is 18.2 Å². The summed E-state index contributed by atoms with van der Waals surface area (Å²) in [7, 11) is 0. The number of benzene rings is 1. The van der Waals surface area contributed by atoms with E-state index in [0.29, 0.717) is 18.0 Å². The zero-order chi connectivity index (χ0) is 15.0. The molecule has 1 rings (SSSR count). The largest absolute Gasteiger partial charge is 0.352 e. The minimum atomic E-state index is -0.499. The van der Waals surface area contributed by atoms with Crippen molar-refractivity contribution in [1.29, 1.82) is 0 Å². The number of carbonyl (C=O) groups is 1. The lowest BCUT2D eigenvalue weighted by Gasteiger charge is -2.07. The number of nitrogens with two attached hydrogens (primary N) is 1. The first kappa shape index (κ1) is 16.2. The molecule has 0 aromatic heterocycles. The maximum Gasteiger partial charge on any atom is 0.251 e. The summed E-state index contributed by atoms with van der Waals surface area (Å²) in [6.07, 6.45) is 1.98. The lowest BCUT2D eigenvalue weighted by Crippen LogP contribution is -2.24. The number of carbonyl (C=O) groups excluding carboxylic acids is 1. The van der Waals surface area contributed by atoms with Gasteiger partial charge in [0.2, 0.25) is 0 Å². The summed E-state index contributed by atoms with van der Waals surface area (Å²) in [5, 5.41) is 2.78. The van der Waals surface area contributed by atoms with Gasteiger partial charge in [0.25, 0.3) is 5.91 Å². The van der Waals surface area contributed by atoms with E-state index >= 15 is 0 Å². The van der Waals surface area contributed by atoms with Gasteiger partial charge in [0.15, 0.2) is 0 Å². The van der Waals surface area contributed by atoms with Crippen molar-refractivity contribution in [3.05, 3.63) is 35.1 Å². The molecule has 0 heterocycles. The van der Waals surface area contributed by atoms with E-state index in [-0.39, 0.29) is 18.0 Å². The molecule has 20 heavy (non-hydrogen) atoms. The van der Waals surface area contributed by atoms with Gasteiger partial charge in [-0.2, -0.15) is 0 Å². The fraction of sp³-hybridized carbons (Fsp3) is 0.438. The SMILES string of the molecule is CC(C)CCCNC(=O)c1ccc(C#CCN)c(F)c1. The molecule has 0 saturated heterocycles. The van der Waals surface area contributed by atoms with Crippen LogP contribution in [0.5, 0.6) is 0 Å². The molecule has 0 spiro atoms. The average molecular weight is 276 g/mol. The number of nitrogens with one attached hydrogen (secondary N) is 1. The third-order valence-corrected chi connectivity index (χ3v) is 2.80. The molecule has 0 aliphatic carbocycles. The maximum absolute atomic E-state index is 13.7. The molecular weight excluding hydrogens is 255 g/mol. The van der Waals surface area contributed by atoms with Crippen LogP contribution in [-0.4, -0.2) is 19.0 Å². The highest BCUT2D eigenvalue weighted by molar-refractivity contribution is 5.94. The third kappa shape index (κ3) is 5.41. The van der Waals surface area contributed by atoms with E-state index in [4.69, 9.17) is 5.73 Å². The molecular formula is C16H21FN2O. The molecule has 1 aromatic rings. The number of amides is 1. The van der Waals surface area contributed by atoms with Crippen molar-refractivity contribution < 1.29 is 9.18 Å². The monoisotopic (exact) mass is 276 g/mol. The van der Waals surface area contributed by atoms with Gasteiger partial charge in [-0.15, -0.1) is 0 Å². The van der Waals surface area contributed by atoms with Gasteiger partial charge in [-0.05, 0) is 37.0 Å². The van der Waals surface area contributed by atoms with Gasteiger partial charge < -0.3 is 11.1 Å². The van der Waals surface area contributed by atoms with Crippen LogP contribution in [0.3, 0.4) is 0 Å². The molecule has 0 bridgehead atoms. The fourth-order valence-corrected chi connectivity index (χ4v) is 1.72. The van der Waals surface area contributed by atoms with Crippen LogP contribution in [0.1, 0.15) is 42.6 Å². The molecule has 0 unspecified atom stereocenters. The predicted molar refractivity (Wildman–Crippen MR) is 78.7 cm³/mol. The number of rotatable bonds is 5. The molecule has 0 aliphatic rings. The van der Waals surface area contributed by atoms with E-state index in [1.54, 1.807) is 6.07 Å². The van der Waals surface area contributed by atoms with Crippen molar-refractivity contribution in [2.24, 2.45) is 11.7 Å². The van der Waals surface area contributed by atoms with Crippen LogP contribution in [0.4, 0.5) is 4.39 Å². The van der Waals surface area contributed by atoms with E-state index in [2.05, 4.69) is 31.0 Å². The van der Waals surface area contributed by atoms with Crippen LogP contribution >= 0.6 is 0 Å². The van der Waals surface area contributed by atoms with Crippen LogP contribution in [-0.2, 0) is 0 Å². The minimum Gasteiger partial charge on any atom is -0.352 e. The molecule has 0 fully saturated rings. The molecule has 0 radical (unpaired) electrons. The van der Waals surface area contributed by atoms with Crippen molar-refractivity contribution in [3.8, 4) is 11.8 Å². The number of halogens is 1. The van der Waals surface area contributed by atoms with E-state index in [1.807, 2.05) is 0 Å². The molecule has 4 heteroatoms. The zero-order valence-electron chi connectivity index (χ0n) is 12.0. The standard InChI is InChI=1S/C16H21FN2O/c1-12(2)5-4-10-19-16(20)14-8-7-13(6-3-9-18)15(17)11-14/h7-8,11-12H,4-5,9-10,18H2,1-2H3,(H,19,20). The summed E-state index contributed by atoms with van der Waals surface area (Å²) in [6, 6.07) is 4.28. The molecule has 3 N–H and O–H groups in total. The Bertz CT molecular complexity index is 515. The summed E-state index contributed by atoms with van der Waals surface area (Å²) in [4.78, 5) is 11.8. The van der Waals surface area contributed by atoms with Crippen LogP contribution in [0.25, 0.3) is 0 Å². The first-order valence-electron chi connectivity index (χ1n) is 6.81. The highest BCUT2D eigenvalue weighted by atomic mass is 19.1. The number of hydrogen-bond acceptors (Lipinski definition) is 2. The Kier molecular flexibility index (Phi) is 6.75. The zero-order valence-corrected chi connectivity index (χ0v) is 12.0. The first-order chi connectivity index (χ1) is 9.54. The molecule has 0 saturated carbocycles. The minimum absolute atomic E-state index is 0.178. The van der Waals surface area contributed by atoms with E-state index in [1.165, 1.54) is 12.1 Å². The van der Waals surface area contributed by atoms with E-state index in [9.17, 15) is 9.18 Å². The van der Waals surface area contributed by atoms with E-state index in [0.717, 1.165) is 12.8 Å². The summed E-state index contributed by atoms with van der Waals surface area (Å²) >= 11 is 0. The summed E-state index contributed by atoms with van der Waals surface area (Å²) < 4.78 is 13.7. The second kappa shape index (κ2) is 8.34. The van der Waals surface area contributed by atoms with Gasteiger partial charge in [-0.1, -0.05) is 25.7 Å². The maximum atomic E-state index is 13.7. The topological polar surface area (TPSA) is 55.1 Å². The number of hydrogen-bond donors (Lipinski definition) is 2. The van der Waals surface area contributed by atoms with Gasteiger partial charge >= 0.3 is 0 Å². The molecule has 108 valence electrons. The predicted octanol–water partition coefficient (Wildman–Crippen LogP) is 2.30. The highest BCUT2D eigenvalue weighted by Crippen LogP contribution is 2.09. The van der Waals surface area contributed by atoms with Crippen molar-refractivity contribution in [3.63, 3.8) is 0 Å². The lowest BCUT2D eigenvalue weighted by atomic mass is 10.1. The van der Waals surface area contributed by atoms with Gasteiger partial charge in [-0.3, -0.25) is 4.79 Å². The van der Waals surface area contributed by atoms with Crippen LogP contribution in [0.2, 0.25) is 0 Å². The third-order valence-electron chi connectivity index (χ3n) is 2.80. The Morgan fingerprint density at radius 3 is 2.80 bits per heavy atom. The second-order valence-electron chi connectivity index (χ2n) is 4.99. The second-order valence-corrected chi connectivity index (χ2v) is 4.99. The van der Waals surface area contributed by atoms with Crippen molar-refractivity contribution >= 4 is 5.91 Å². The first-order valence-corrected chi connectivity index (χ1v) is 6.81. The lowest BCUT2D eigenvalue weighted by molar-refractivity contribution is 0.0952. The molecule has 1 aromatic carbocycles. The van der Waals surface area contributed by atoms with Crippen LogP contribution < -0.4 is 11.1 Å². The highest BCUT2D eigenvalue weighted by Gasteiger charge is 2.08. The van der Waals surface area contributed by atoms with Gasteiger partial charge in [-0.25, -0.2) is 4.39 Å². The Labute approximate surface area is 119 Å². The smallest absolute Gasteiger partial charge is 0.251 e. The van der Waals surface area contributed by atoms with Crippen LogP contribution in [0, 0.1) is 23.6 Å². The fourth-order valence-electron chi connectivity index (χ4n) is 1.72. The van der Waals surface area contributed by atoms with Gasteiger partial charge in [0, 0.05) is 12.1 Å². The Morgan fingerprint density at radius 2 is 2.20 bits per heavy atom. The molecule has 3 nitrogen and oxygen atoms in total. The van der Waals surface area contributed by atoms with Gasteiger partial charge in [0.1, 0.15) is 5.82 Å². The van der Waals surface area contributed by atoms with Crippen molar-refractivity contribution in [1.82, 2.24) is 5.32 Å². The Balaban J connectivity index is 2.59. The Hall–Kier alpha value is -1.86.